The Bertz CT molecular complexity index is 1040. The summed E-state index contributed by atoms with van der Waals surface area (Å²) in [7, 11) is -3.25. The lowest BCUT2D eigenvalue weighted by Gasteiger charge is -2.30. The molecule has 1 aliphatic carbocycles. The van der Waals surface area contributed by atoms with E-state index in [0.29, 0.717) is 31.5 Å². The van der Waals surface area contributed by atoms with Gasteiger partial charge >= 0.3 is 6.18 Å². The van der Waals surface area contributed by atoms with Crippen molar-refractivity contribution in [2.45, 2.75) is 63.2 Å². The van der Waals surface area contributed by atoms with Crippen LogP contribution in [-0.4, -0.2) is 57.9 Å². The van der Waals surface area contributed by atoms with Crippen molar-refractivity contribution in [1.82, 2.24) is 24.1 Å². The van der Waals surface area contributed by atoms with Crippen molar-refractivity contribution in [1.29, 1.82) is 0 Å². The molecular formula is C20H27F3N6O2S. The molecule has 0 unspecified atom stereocenters. The predicted molar refractivity (Wildman–Crippen MR) is 113 cm³/mol. The molecule has 3 heterocycles. The molecule has 0 amide bonds. The van der Waals surface area contributed by atoms with Crippen LogP contribution in [0.4, 0.5) is 19.1 Å². The molecule has 2 aromatic rings. The summed E-state index contributed by atoms with van der Waals surface area (Å²) in [5.41, 5.74) is -0.802. The van der Waals surface area contributed by atoms with Gasteiger partial charge < -0.3 is 5.32 Å². The lowest BCUT2D eigenvalue weighted by Crippen LogP contribution is -2.42. The summed E-state index contributed by atoms with van der Waals surface area (Å²) in [5.74, 6) is 0.0937. The normalized spacial score (nSPS) is 19.9. The summed E-state index contributed by atoms with van der Waals surface area (Å²) in [6.07, 6.45) is 6.77. The van der Waals surface area contributed by atoms with Crippen molar-refractivity contribution in [2.75, 3.05) is 24.7 Å². The van der Waals surface area contributed by atoms with E-state index < -0.39 is 21.8 Å². The third-order valence-corrected chi connectivity index (χ3v) is 7.48. The number of hydrogen-bond donors (Lipinski definition) is 1. The Hall–Kier alpha value is -2.21. The number of hydrogen-bond acceptors (Lipinski definition) is 6. The molecule has 1 saturated heterocycles. The van der Waals surface area contributed by atoms with Gasteiger partial charge in [0.15, 0.2) is 0 Å². The Labute approximate surface area is 185 Å². The van der Waals surface area contributed by atoms with E-state index in [4.69, 9.17) is 0 Å². The molecule has 2 fully saturated rings. The monoisotopic (exact) mass is 472 g/mol. The number of sulfonamides is 1. The highest BCUT2D eigenvalue weighted by Gasteiger charge is 2.36. The third kappa shape index (κ3) is 5.22. The molecule has 1 aliphatic heterocycles. The van der Waals surface area contributed by atoms with Gasteiger partial charge in [-0.3, -0.25) is 4.68 Å². The van der Waals surface area contributed by atoms with Gasteiger partial charge in [0, 0.05) is 37.1 Å². The molecule has 2 aromatic heterocycles. The molecule has 0 bridgehead atoms. The Morgan fingerprint density at radius 2 is 1.75 bits per heavy atom. The van der Waals surface area contributed by atoms with Crippen LogP contribution >= 0.6 is 0 Å². The lowest BCUT2D eigenvalue weighted by molar-refractivity contribution is -0.137. The van der Waals surface area contributed by atoms with Crippen LogP contribution in [-0.2, 0) is 16.2 Å². The molecule has 32 heavy (non-hydrogen) atoms. The molecule has 0 atom stereocenters. The Morgan fingerprint density at radius 1 is 1.06 bits per heavy atom. The minimum absolute atomic E-state index is 0.0937. The molecule has 8 nitrogen and oxygen atoms in total. The molecule has 0 radical (unpaired) electrons. The summed E-state index contributed by atoms with van der Waals surface area (Å²) >= 11 is 0. The molecule has 176 valence electrons. The average molecular weight is 473 g/mol. The quantitative estimate of drug-likeness (QED) is 0.713. The van der Waals surface area contributed by atoms with Gasteiger partial charge in [-0.25, -0.2) is 22.7 Å². The van der Waals surface area contributed by atoms with E-state index in [1.165, 1.54) is 23.2 Å². The summed E-state index contributed by atoms with van der Waals surface area (Å²) in [6, 6.07) is 0.0776. The second-order valence-electron chi connectivity index (χ2n) is 8.54. The summed E-state index contributed by atoms with van der Waals surface area (Å²) < 4.78 is 67.4. The number of aromatic nitrogens is 4. The molecular weight excluding hydrogens is 445 g/mol. The third-order valence-electron chi connectivity index (χ3n) is 6.17. The summed E-state index contributed by atoms with van der Waals surface area (Å²) in [5, 5.41) is 7.40. The van der Waals surface area contributed by atoms with Crippen molar-refractivity contribution >= 4 is 16.0 Å². The summed E-state index contributed by atoms with van der Waals surface area (Å²) in [6.45, 7) is 0.691. The maximum absolute atomic E-state index is 13.7. The van der Waals surface area contributed by atoms with E-state index >= 15 is 0 Å². The molecule has 12 heteroatoms. The van der Waals surface area contributed by atoms with Gasteiger partial charge in [-0.15, -0.1) is 0 Å². The zero-order valence-corrected chi connectivity index (χ0v) is 18.7. The lowest BCUT2D eigenvalue weighted by atomic mass is 9.96. The van der Waals surface area contributed by atoms with Crippen LogP contribution < -0.4 is 5.32 Å². The van der Waals surface area contributed by atoms with Crippen molar-refractivity contribution in [2.24, 2.45) is 0 Å². The second kappa shape index (κ2) is 8.97. The fraction of sp³-hybridized carbons (Fsp3) is 0.650. The molecule has 2 aliphatic rings. The number of halogens is 3. The van der Waals surface area contributed by atoms with Gasteiger partial charge in [-0.2, -0.15) is 18.3 Å². The zero-order valence-electron chi connectivity index (χ0n) is 17.8. The smallest absolute Gasteiger partial charge is 0.351 e. The largest absolute Gasteiger partial charge is 0.419 e. The first kappa shape index (κ1) is 23.0. The van der Waals surface area contributed by atoms with E-state index in [1.54, 1.807) is 10.9 Å². The maximum Gasteiger partial charge on any atom is 0.419 e. The highest BCUT2D eigenvalue weighted by molar-refractivity contribution is 7.88. The van der Waals surface area contributed by atoms with Crippen LogP contribution in [0.15, 0.2) is 18.6 Å². The fourth-order valence-corrected chi connectivity index (χ4v) is 5.27. The van der Waals surface area contributed by atoms with Gasteiger partial charge in [0.1, 0.15) is 5.56 Å². The Kier molecular flexibility index (Phi) is 6.44. The van der Waals surface area contributed by atoms with E-state index in [1.807, 2.05) is 0 Å². The average Bonchev–Trinajstić information content (AvgIpc) is 3.24. The first-order chi connectivity index (χ1) is 15.1. The zero-order chi connectivity index (χ0) is 22.9. The van der Waals surface area contributed by atoms with Gasteiger partial charge in [0.05, 0.1) is 24.2 Å². The molecule has 0 spiro atoms. The molecule has 0 aromatic carbocycles. The number of nitrogens with one attached hydrogen (secondary N) is 1. The van der Waals surface area contributed by atoms with Crippen molar-refractivity contribution in [3.05, 3.63) is 24.2 Å². The fourth-order valence-electron chi connectivity index (χ4n) is 4.40. The van der Waals surface area contributed by atoms with Gasteiger partial charge in [-0.1, -0.05) is 19.3 Å². The predicted octanol–water partition coefficient (Wildman–Crippen LogP) is 3.70. The number of anilines is 1. The van der Waals surface area contributed by atoms with Crippen molar-refractivity contribution in [3.63, 3.8) is 0 Å². The topological polar surface area (TPSA) is 93.0 Å². The first-order valence-corrected chi connectivity index (χ1v) is 12.7. The van der Waals surface area contributed by atoms with Gasteiger partial charge in [0.2, 0.25) is 16.0 Å². The minimum atomic E-state index is -4.60. The van der Waals surface area contributed by atoms with Crippen LogP contribution in [0.2, 0.25) is 0 Å². The molecule has 4 rings (SSSR count). The SMILES string of the molecule is CS(=O)(=O)N1CCC(Nc2ncc(C(F)(F)F)c(-c3cnn(C4CCCCC4)c3)n2)CC1. The highest BCUT2D eigenvalue weighted by atomic mass is 32.2. The Morgan fingerprint density at radius 3 is 2.38 bits per heavy atom. The Balaban J connectivity index is 1.55. The second-order valence-corrected chi connectivity index (χ2v) is 10.5. The molecule has 1 N–H and O–H groups in total. The maximum atomic E-state index is 13.7. The van der Waals surface area contributed by atoms with Crippen molar-refractivity contribution in [3.8, 4) is 11.3 Å². The molecule has 1 saturated carbocycles. The number of rotatable bonds is 5. The van der Waals surface area contributed by atoms with Gasteiger partial charge in [0.25, 0.3) is 0 Å². The van der Waals surface area contributed by atoms with Crippen molar-refractivity contribution < 1.29 is 21.6 Å². The van der Waals surface area contributed by atoms with Crippen LogP contribution in [0.25, 0.3) is 11.3 Å². The van der Waals surface area contributed by atoms with Crippen LogP contribution in [0, 0.1) is 0 Å². The highest BCUT2D eigenvalue weighted by Crippen LogP contribution is 2.37. The van der Waals surface area contributed by atoms with E-state index in [2.05, 4.69) is 20.4 Å². The van der Waals surface area contributed by atoms with E-state index in [0.717, 1.165) is 31.9 Å². The standard InChI is InChI=1S/C20H27F3N6O2S/c1-32(30,31)28-9-7-15(8-10-28)26-19-24-12-17(20(21,22)23)18(27-19)14-11-25-29(13-14)16-5-3-2-4-6-16/h11-13,15-16H,2-10H2,1H3,(H,24,26,27). The first-order valence-electron chi connectivity index (χ1n) is 10.8. The van der Waals surface area contributed by atoms with E-state index in [-0.39, 0.29) is 23.7 Å². The van der Waals surface area contributed by atoms with Crippen LogP contribution in [0.3, 0.4) is 0 Å². The van der Waals surface area contributed by atoms with E-state index in [9.17, 15) is 21.6 Å². The number of nitrogens with zero attached hydrogens (tertiary/aromatic N) is 5. The number of alkyl halides is 3. The summed E-state index contributed by atoms with van der Waals surface area (Å²) in [4.78, 5) is 8.09. The van der Waals surface area contributed by atoms with Crippen LogP contribution in [0.5, 0.6) is 0 Å². The minimum Gasteiger partial charge on any atom is -0.351 e. The van der Waals surface area contributed by atoms with Gasteiger partial charge in [-0.05, 0) is 25.7 Å². The van der Waals surface area contributed by atoms with Crippen LogP contribution in [0.1, 0.15) is 56.6 Å². The number of piperidine rings is 1.